The molecular weight excluding hydrogens is 190 g/mol. The maximum Gasteiger partial charge on any atom is 0.226 e. The first kappa shape index (κ1) is 8.95. The summed E-state index contributed by atoms with van der Waals surface area (Å²) in [6.07, 6.45) is 0.532. The van der Waals surface area contributed by atoms with Crippen LogP contribution >= 0.6 is 0 Å². The van der Waals surface area contributed by atoms with E-state index in [4.69, 9.17) is 5.14 Å². The molecule has 66 valence electrons. The molecule has 2 N–H and O–H groups in total. The Hall–Kier alpha value is -0.140. The van der Waals surface area contributed by atoms with Gasteiger partial charge < -0.3 is 0 Å². The molecule has 0 saturated carbocycles. The van der Waals surface area contributed by atoms with Crippen molar-refractivity contribution in [2.24, 2.45) is 5.14 Å². The molecule has 1 aliphatic rings. The number of rotatable bonds is 1. The van der Waals surface area contributed by atoms with Gasteiger partial charge in [-0.1, -0.05) is 0 Å². The first-order chi connectivity index (χ1) is 4.84. The van der Waals surface area contributed by atoms with Gasteiger partial charge in [-0.25, -0.2) is 22.0 Å². The quantitative estimate of drug-likeness (QED) is 0.574. The van der Waals surface area contributed by atoms with Crippen molar-refractivity contribution in [1.82, 2.24) is 0 Å². The summed E-state index contributed by atoms with van der Waals surface area (Å²) in [5, 5.41) is 4.71. The third-order valence-corrected chi connectivity index (χ3v) is 6.18. The smallest absolute Gasteiger partial charge is 0.226 e. The van der Waals surface area contributed by atoms with Crippen molar-refractivity contribution in [3.05, 3.63) is 0 Å². The molecule has 0 radical (unpaired) electrons. The molecular formula is C4H9NO4S2. The summed E-state index contributed by atoms with van der Waals surface area (Å²) in [4.78, 5) is 0. The highest BCUT2D eigenvalue weighted by molar-refractivity contribution is 8.08. The Labute approximate surface area is 65.6 Å². The van der Waals surface area contributed by atoms with Gasteiger partial charge in [-0.15, -0.1) is 0 Å². The molecule has 1 atom stereocenters. The summed E-state index contributed by atoms with van der Waals surface area (Å²) in [6.45, 7) is 0. The predicted molar refractivity (Wildman–Crippen MR) is 39.9 cm³/mol. The highest BCUT2D eigenvalue weighted by Crippen LogP contribution is 2.22. The number of nitrogens with two attached hydrogens (primary N) is 1. The Bertz CT molecular complexity index is 340. The number of sulfone groups is 1. The van der Waals surface area contributed by atoms with Crippen molar-refractivity contribution >= 4 is 19.9 Å². The summed E-state index contributed by atoms with van der Waals surface area (Å²) < 4.78 is 41.8. The molecule has 1 rings (SSSR count). The third-order valence-electron chi connectivity index (χ3n) is 1.64. The Morgan fingerprint density at radius 2 is 1.91 bits per heavy atom. The third kappa shape index (κ3) is 1.71. The fourth-order valence-electron chi connectivity index (χ4n) is 1.13. The Morgan fingerprint density at radius 3 is 2.09 bits per heavy atom. The van der Waals surface area contributed by atoms with Crippen LogP contribution in [0, 0.1) is 0 Å². The van der Waals surface area contributed by atoms with E-state index in [-0.39, 0.29) is 12.2 Å². The van der Waals surface area contributed by atoms with Crippen LogP contribution < -0.4 is 5.14 Å². The normalized spacial score (nSPS) is 30.5. The van der Waals surface area contributed by atoms with Gasteiger partial charge in [-0.3, -0.25) is 0 Å². The largest absolute Gasteiger partial charge is 0.228 e. The molecule has 5 nitrogen and oxygen atoms in total. The maximum absolute atomic E-state index is 10.9. The maximum atomic E-state index is 10.9. The summed E-state index contributed by atoms with van der Waals surface area (Å²) in [7, 11) is -7.36. The van der Waals surface area contributed by atoms with Crippen LogP contribution in [0.5, 0.6) is 0 Å². The molecule has 1 unspecified atom stereocenters. The van der Waals surface area contributed by atoms with Crippen molar-refractivity contribution < 1.29 is 16.8 Å². The standard InChI is InChI=1S/C4H9NO4S2/c5-11(8,9)4-2-1-3-10(4,6)7/h4H,1-3H2,(H2,5,8,9). The van der Waals surface area contributed by atoms with Crippen LogP contribution in [0.1, 0.15) is 12.8 Å². The second-order valence-electron chi connectivity index (χ2n) is 2.53. The lowest BCUT2D eigenvalue weighted by molar-refractivity contribution is 0.581. The Kier molecular flexibility index (Phi) is 1.97. The van der Waals surface area contributed by atoms with Gasteiger partial charge in [-0.2, -0.15) is 0 Å². The number of hydrogen-bond acceptors (Lipinski definition) is 4. The van der Waals surface area contributed by atoms with Crippen LogP contribution in [-0.2, 0) is 19.9 Å². The van der Waals surface area contributed by atoms with E-state index in [2.05, 4.69) is 0 Å². The first-order valence-corrected chi connectivity index (χ1v) is 6.40. The highest BCUT2D eigenvalue weighted by atomic mass is 32.3. The van der Waals surface area contributed by atoms with Crippen molar-refractivity contribution in [2.75, 3.05) is 5.75 Å². The van der Waals surface area contributed by atoms with Gasteiger partial charge >= 0.3 is 0 Å². The van der Waals surface area contributed by atoms with E-state index in [1.165, 1.54) is 0 Å². The van der Waals surface area contributed by atoms with E-state index in [1.807, 2.05) is 0 Å². The predicted octanol–water partition coefficient (Wildman–Crippen LogP) is -1.19. The zero-order chi connectivity index (χ0) is 8.70. The van der Waals surface area contributed by atoms with Gasteiger partial charge in [0, 0.05) is 0 Å². The highest BCUT2D eigenvalue weighted by Gasteiger charge is 2.39. The summed E-state index contributed by atoms with van der Waals surface area (Å²) in [5.74, 6) is -0.0614. The second kappa shape index (κ2) is 2.43. The lowest BCUT2D eigenvalue weighted by Gasteiger charge is -2.04. The number of sulfonamides is 1. The van der Waals surface area contributed by atoms with Crippen LogP contribution in [-0.4, -0.2) is 27.2 Å². The lowest BCUT2D eigenvalue weighted by Crippen LogP contribution is -2.32. The zero-order valence-electron chi connectivity index (χ0n) is 5.73. The van der Waals surface area contributed by atoms with Crippen molar-refractivity contribution in [3.8, 4) is 0 Å². The van der Waals surface area contributed by atoms with Gasteiger partial charge in [0.25, 0.3) is 0 Å². The molecule has 0 bridgehead atoms. The van der Waals surface area contributed by atoms with E-state index < -0.39 is 24.4 Å². The molecule has 0 aromatic heterocycles. The van der Waals surface area contributed by atoms with Crippen molar-refractivity contribution in [3.63, 3.8) is 0 Å². The first-order valence-electron chi connectivity index (χ1n) is 3.07. The average Bonchev–Trinajstić information content (AvgIpc) is 2.06. The van der Waals surface area contributed by atoms with Gasteiger partial charge in [0.2, 0.25) is 10.0 Å². The van der Waals surface area contributed by atoms with E-state index in [0.717, 1.165) is 0 Å². The van der Waals surface area contributed by atoms with E-state index in [0.29, 0.717) is 6.42 Å². The average molecular weight is 199 g/mol. The minimum Gasteiger partial charge on any atom is -0.228 e. The molecule has 1 aliphatic heterocycles. The van der Waals surface area contributed by atoms with Crippen LogP contribution in [0.25, 0.3) is 0 Å². The minimum absolute atomic E-state index is 0.0614. The molecule has 0 aromatic carbocycles. The second-order valence-corrected chi connectivity index (χ2v) is 6.88. The summed E-state index contributed by atoms with van der Waals surface area (Å²) in [6, 6.07) is 0. The summed E-state index contributed by atoms with van der Waals surface area (Å²) in [5.41, 5.74) is 0. The van der Waals surface area contributed by atoms with Crippen LogP contribution in [0.15, 0.2) is 0 Å². The van der Waals surface area contributed by atoms with Crippen LogP contribution in [0.3, 0.4) is 0 Å². The Morgan fingerprint density at radius 1 is 1.36 bits per heavy atom. The lowest BCUT2D eigenvalue weighted by atomic mass is 10.4. The molecule has 11 heavy (non-hydrogen) atoms. The van der Waals surface area contributed by atoms with Crippen LogP contribution in [0.4, 0.5) is 0 Å². The fraction of sp³-hybridized carbons (Fsp3) is 1.00. The monoisotopic (exact) mass is 199 g/mol. The van der Waals surface area contributed by atoms with Crippen molar-refractivity contribution in [2.45, 2.75) is 17.4 Å². The molecule has 0 amide bonds. The Balaban J connectivity index is 3.11. The molecule has 0 aliphatic carbocycles. The van der Waals surface area contributed by atoms with E-state index in [1.54, 1.807) is 0 Å². The zero-order valence-corrected chi connectivity index (χ0v) is 7.36. The van der Waals surface area contributed by atoms with E-state index in [9.17, 15) is 16.8 Å². The summed E-state index contributed by atoms with van der Waals surface area (Å²) >= 11 is 0. The minimum atomic E-state index is -3.90. The van der Waals surface area contributed by atoms with E-state index >= 15 is 0 Å². The van der Waals surface area contributed by atoms with Crippen molar-refractivity contribution in [1.29, 1.82) is 0 Å². The fourth-order valence-corrected chi connectivity index (χ4v) is 4.91. The SMILES string of the molecule is NS(=O)(=O)C1CCCS1(=O)=O. The van der Waals surface area contributed by atoms with Gasteiger partial charge in [0.15, 0.2) is 14.4 Å². The molecule has 1 saturated heterocycles. The molecule has 0 spiro atoms. The molecule has 1 fully saturated rings. The number of primary sulfonamides is 1. The molecule has 1 heterocycles. The van der Waals surface area contributed by atoms with Crippen LogP contribution in [0.2, 0.25) is 0 Å². The van der Waals surface area contributed by atoms with Gasteiger partial charge in [0.1, 0.15) is 0 Å². The molecule has 0 aromatic rings. The van der Waals surface area contributed by atoms with Gasteiger partial charge in [0.05, 0.1) is 5.75 Å². The number of hydrogen-bond donors (Lipinski definition) is 1. The van der Waals surface area contributed by atoms with Gasteiger partial charge in [-0.05, 0) is 12.8 Å². The topological polar surface area (TPSA) is 94.3 Å². The molecule has 7 heteroatoms.